The highest BCUT2D eigenvalue weighted by molar-refractivity contribution is 7.12. The number of rotatable bonds is 8. The second-order valence-electron chi connectivity index (χ2n) is 6.65. The number of nitrogens with zero attached hydrogens (tertiary/aromatic N) is 2. The van der Waals surface area contributed by atoms with Crippen LogP contribution < -0.4 is 11.1 Å². The summed E-state index contributed by atoms with van der Waals surface area (Å²) in [4.78, 5) is 27.9. The van der Waals surface area contributed by atoms with Crippen LogP contribution in [0, 0.1) is 11.3 Å². The fourth-order valence-electron chi connectivity index (χ4n) is 2.98. The van der Waals surface area contributed by atoms with Crippen LogP contribution in [0.3, 0.4) is 0 Å². The summed E-state index contributed by atoms with van der Waals surface area (Å²) in [5.41, 5.74) is 8.18. The lowest BCUT2D eigenvalue weighted by Gasteiger charge is -2.24. The average Bonchev–Trinajstić information content (AvgIpc) is 3.32. The number of nitriles is 1. The SMILES string of the molecule is N#Cc1ccc(C(=O)N(CCCN)Cc2ccccc2NC(=O)c2cccs2)cc1. The Morgan fingerprint density at radius 2 is 1.83 bits per heavy atom. The Balaban J connectivity index is 1.81. The predicted octanol–water partition coefficient (Wildman–Crippen LogP) is 3.86. The highest BCUT2D eigenvalue weighted by atomic mass is 32.1. The van der Waals surface area contributed by atoms with Crippen LogP contribution in [-0.4, -0.2) is 29.8 Å². The molecule has 0 fully saturated rings. The molecule has 0 aliphatic carbocycles. The first kappa shape index (κ1) is 21.2. The summed E-state index contributed by atoms with van der Waals surface area (Å²) in [5, 5.41) is 13.8. The van der Waals surface area contributed by atoms with E-state index in [4.69, 9.17) is 11.0 Å². The lowest BCUT2D eigenvalue weighted by molar-refractivity contribution is 0.0742. The van der Waals surface area contributed by atoms with Gasteiger partial charge in [-0.2, -0.15) is 5.26 Å². The summed E-state index contributed by atoms with van der Waals surface area (Å²) in [6.45, 7) is 1.29. The van der Waals surface area contributed by atoms with E-state index in [1.54, 1.807) is 35.2 Å². The molecule has 152 valence electrons. The number of carbonyl (C=O) groups is 2. The molecule has 3 aromatic rings. The average molecular weight is 419 g/mol. The van der Waals surface area contributed by atoms with Crippen molar-refractivity contribution >= 4 is 28.8 Å². The zero-order valence-electron chi connectivity index (χ0n) is 16.4. The topological polar surface area (TPSA) is 99.2 Å². The summed E-state index contributed by atoms with van der Waals surface area (Å²) in [6, 6.07) is 19.7. The molecule has 1 heterocycles. The number of nitrogens with two attached hydrogens (primary N) is 1. The number of benzene rings is 2. The van der Waals surface area contributed by atoms with Gasteiger partial charge in [-0.25, -0.2) is 0 Å². The Morgan fingerprint density at radius 3 is 2.50 bits per heavy atom. The van der Waals surface area contributed by atoms with E-state index in [9.17, 15) is 9.59 Å². The number of para-hydroxylation sites is 1. The fraction of sp³-hybridized carbons (Fsp3) is 0.174. The third-order valence-electron chi connectivity index (χ3n) is 4.55. The molecule has 0 saturated heterocycles. The maximum atomic E-state index is 13.1. The van der Waals surface area contributed by atoms with Crippen molar-refractivity contribution in [1.82, 2.24) is 4.90 Å². The number of hydrogen-bond acceptors (Lipinski definition) is 5. The van der Waals surface area contributed by atoms with Crippen molar-refractivity contribution in [3.63, 3.8) is 0 Å². The van der Waals surface area contributed by atoms with E-state index in [1.807, 2.05) is 35.7 Å². The van der Waals surface area contributed by atoms with Gasteiger partial charge in [0.15, 0.2) is 0 Å². The number of thiophene rings is 1. The van der Waals surface area contributed by atoms with Crippen molar-refractivity contribution < 1.29 is 9.59 Å². The molecule has 7 heteroatoms. The highest BCUT2D eigenvalue weighted by Crippen LogP contribution is 2.21. The minimum Gasteiger partial charge on any atom is -0.334 e. The zero-order chi connectivity index (χ0) is 21.3. The van der Waals surface area contributed by atoms with Gasteiger partial charge in [0.1, 0.15) is 0 Å². The Hall–Kier alpha value is -3.47. The van der Waals surface area contributed by atoms with E-state index in [0.717, 1.165) is 5.56 Å². The second-order valence-corrected chi connectivity index (χ2v) is 7.59. The molecule has 0 radical (unpaired) electrons. The fourth-order valence-corrected chi connectivity index (χ4v) is 3.60. The van der Waals surface area contributed by atoms with Gasteiger partial charge < -0.3 is 16.0 Å². The van der Waals surface area contributed by atoms with Crippen LogP contribution in [0.15, 0.2) is 66.0 Å². The minimum absolute atomic E-state index is 0.146. The lowest BCUT2D eigenvalue weighted by Crippen LogP contribution is -2.33. The Bertz CT molecular complexity index is 1040. The van der Waals surface area contributed by atoms with Crippen LogP contribution in [0.1, 0.15) is 37.6 Å². The number of nitrogens with one attached hydrogen (secondary N) is 1. The maximum absolute atomic E-state index is 13.1. The van der Waals surface area contributed by atoms with E-state index < -0.39 is 0 Å². The molecule has 0 aliphatic heterocycles. The monoisotopic (exact) mass is 418 g/mol. The van der Waals surface area contributed by atoms with Crippen LogP contribution in [0.4, 0.5) is 5.69 Å². The summed E-state index contributed by atoms with van der Waals surface area (Å²) in [5.74, 6) is -0.322. The Kier molecular flexibility index (Phi) is 7.33. The molecule has 0 atom stereocenters. The highest BCUT2D eigenvalue weighted by Gasteiger charge is 2.18. The molecule has 2 aromatic carbocycles. The number of hydrogen-bond donors (Lipinski definition) is 2. The van der Waals surface area contributed by atoms with Crippen LogP contribution in [0.5, 0.6) is 0 Å². The number of anilines is 1. The summed E-state index contributed by atoms with van der Waals surface area (Å²) >= 11 is 1.37. The second kappa shape index (κ2) is 10.3. The van der Waals surface area contributed by atoms with E-state index in [2.05, 4.69) is 11.4 Å². The largest absolute Gasteiger partial charge is 0.334 e. The zero-order valence-corrected chi connectivity index (χ0v) is 17.2. The van der Waals surface area contributed by atoms with Gasteiger partial charge in [0.25, 0.3) is 11.8 Å². The quantitative estimate of drug-likeness (QED) is 0.580. The van der Waals surface area contributed by atoms with Gasteiger partial charge in [-0.05, 0) is 60.3 Å². The number of amides is 2. The van der Waals surface area contributed by atoms with Gasteiger partial charge in [0.05, 0.1) is 16.5 Å². The van der Waals surface area contributed by atoms with Gasteiger partial charge in [-0.1, -0.05) is 24.3 Å². The molecule has 0 unspecified atom stereocenters. The molecule has 0 aliphatic rings. The van der Waals surface area contributed by atoms with Crippen LogP contribution in [-0.2, 0) is 6.54 Å². The standard InChI is InChI=1S/C23H22N4O2S/c24-12-4-13-27(23(29)18-10-8-17(15-25)9-11-18)16-19-5-1-2-6-20(19)26-22(28)21-7-3-14-30-21/h1-3,5-11,14H,4,12-13,16,24H2,(H,26,28). The molecule has 0 saturated carbocycles. The van der Waals surface area contributed by atoms with Gasteiger partial charge >= 0.3 is 0 Å². The van der Waals surface area contributed by atoms with E-state index >= 15 is 0 Å². The summed E-state index contributed by atoms with van der Waals surface area (Å²) in [7, 11) is 0. The first-order valence-electron chi connectivity index (χ1n) is 9.54. The number of carbonyl (C=O) groups excluding carboxylic acids is 2. The van der Waals surface area contributed by atoms with Gasteiger partial charge in [-0.15, -0.1) is 11.3 Å². The van der Waals surface area contributed by atoms with Crippen LogP contribution in [0.2, 0.25) is 0 Å². The predicted molar refractivity (Wildman–Crippen MR) is 118 cm³/mol. The Labute approximate surface area is 179 Å². The molecule has 3 N–H and O–H groups in total. The molecule has 1 aromatic heterocycles. The lowest BCUT2D eigenvalue weighted by atomic mass is 10.1. The van der Waals surface area contributed by atoms with Crippen molar-refractivity contribution in [1.29, 1.82) is 5.26 Å². The van der Waals surface area contributed by atoms with Gasteiger partial charge in [-0.3, -0.25) is 9.59 Å². The van der Waals surface area contributed by atoms with Crippen molar-refractivity contribution in [3.05, 3.63) is 87.6 Å². The molecule has 0 spiro atoms. The first-order valence-corrected chi connectivity index (χ1v) is 10.4. The van der Waals surface area contributed by atoms with Crippen molar-refractivity contribution in [2.24, 2.45) is 5.73 Å². The van der Waals surface area contributed by atoms with Crippen molar-refractivity contribution in [2.45, 2.75) is 13.0 Å². The van der Waals surface area contributed by atoms with Crippen molar-refractivity contribution in [2.75, 3.05) is 18.4 Å². The van der Waals surface area contributed by atoms with E-state index in [-0.39, 0.29) is 11.8 Å². The molecule has 0 bridgehead atoms. The maximum Gasteiger partial charge on any atom is 0.265 e. The van der Waals surface area contributed by atoms with Gasteiger partial charge in [0.2, 0.25) is 0 Å². The van der Waals surface area contributed by atoms with Crippen LogP contribution >= 0.6 is 11.3 Å². The molecule has 6 nitrogen and oxygen atoms in total. The molecule has 2 amide bonds. The summed E-state index contributed by atoms with van der Waals surface area (Å²) in [6.07, 6.45) is 0.658. The third-order valence-corrected chi connectivity index (χ3v) is 5.42. The van der Waals surface area contributed by atoms with Crippen LogP contribution in [0.25, 0.3) is 0 Å². The molecule has 30 heavy (non-hydrogen) atoms. The smallest absolute Gasteiger partial charge is 0.265 e. The van der Waals surface area contributed by atoms with E-state index in [1.165, 1.54) is 11.3 Å². The van der Waals surface area contributed by atoms with E-state index in [0.29, 0.717) is 47.7 Å². The Morgan fingerprint density at radius 1 is 1.07 bits per heavy atom. The normalized spacial score (nSPS) is 10.3. The summed E-state index contributed by atoms with van der Waals surface area (Å²) < 4.78 is 0. The first-order chi connectivity index (χ1) is 14.6. The minimum atomic E-state index is -0.177. The molecular weight excluding hydrogens is 396 g/mol. The van der Waals surface area contributed by atoms with Crippen molar-refractivity contribution in [3.8, 4) is 6.07 Å². The third kappa shape index (κ3) is 5.32. The van der Waals surface area contributed by atoms with Gasteiger partial charge in [0, 0.05) is 24.3 Å². The molecule has 3 rings (SSSR count). The molecular formula is C23H22N4O2S.